The Morgan fingerprint density at radius 3 is 1.96 bits per heavy atom. The molecule has 1 aromatic carbocycles. The first-order valence-corrected chi connectivity index (χ1v) is 46.8. The number of carbonyl (C=O) groups is 9. The number of Topliss-reactive ketones (excluding diaryl/α,β-unsaturated/α-hetero) is 2. The SMILES string of the molecule is COC(=O)N1C[C@@H]2C(=O)[C@@]23C2=C[C@H](C(=O)c4cc5cc(OC)c(OCCNC(=O)[C@@H](NC(=O)[C@H](C)NC(=O)OCCOCCOCCn6cc(CCC(N)CCOCCOCCN(CC(=O)NCCCCC(N)CCCC[C@@H]7SC[C@@H]8NC(N)=N[C@@H]87)C(OC=O)C(=O)NCCCCC(N)CCCC[C@@H]7SC[C@@H]8NC(N)=N[C@@H]87)nn6)C(C)C)c(OC)c5[nH]4)N[C@H]2CC=C13. The maximum Gasteiger partial charge on any atom is 0.413 e. The van der Waals surface area contributed by atoms with Gasteiger partial charge < -0.3 is 118 Å². The number of aromatic amines is 1. The summed E-state index contributed by atoms with van der Waals surface area (Å²) < 4.78 is 58.0. The average molecular weight is 1820 g/mol. The van der Waals surface area contributed by atoms with Crippen molar-refractivity contribution in [3.63, 3.8) is 0 Å². The van der Waals surface area contributed by atoms with E-state index in [2.05, 4.69) is 67.8 Å². The molecule has 704 valence electrons. The molecule has 16 atom stereocenters. The van der Waals surface area contributed by atoms with Crippen LogP contribution in [0.4, 0.5) is 9.59 Å². The molecular formula is C85H133N21O19S2. The van der Waals surface area contributed by atoms with E-state index in [4.69, 9.17) is 76.0 Å². The van der Waals surface area contributed by atoms with Gasteiger partial charge in [0, 0.05) is 96.2 Å². The van der Waals surface area contributed by atoms with Gasteiger partial charge in [-0.3, -0.25) is 43.8 Å². The number of hydrogen-bond acceptors (Lipinski definition) is 34. The summed E-state index contributed by atoms with van der Waals surface area (Å²) in [5.74, 6) is 0.950. The lowest BCUT2D eigenvalue weighted by Crippen LogP contribution is -2.55. The van der Waals surface area contributed by atoms with Gasteiger partial charge >= 0.3 is 12.2 Å². The Bertz CT molecular complexity index is 4310. The number of nitrogens with one attached hydrogen (secondary N) is 9. The molecular weight excluding hydrogens is 1680 g/mol. The number of unbranched alkanes of at least 4 members (excludes halogenated alkanes) is 4. The van der Waals surface area contributed by atoms with Crippen LogP contribution in [0.2, 0.25) is 0 Å². The number of likely N-dealkylation sites (tertiary alicyclic amines) is 1. The van der Waals surface area contributed by atoms with Crippen molar-refractivity contribution in [2.75, 3.05) is 138 Å². The predicted molar refractivity (Wildman–Crippen MR) is 477 cm³/mol. The van der Waals surface area contributed by atoms with Gasteiger partial charge in [0.2, 0.25) is 29.7 Å². The molecule has 2 aromatic heterocycles. The Balaban J connectivity index is 0.507. The third-order valence-electron chi connectivity index (χ3n) is 24.4. The van der Waals surface area contributed by atoms with Gasteiger partial charge in [-0.25, -0.2) is 29.2 Å². The molecule has 0 radical (unpaired) electrons. The number of fused-ring (bicyclic) bond motifs is 4. The highest BCUT2D eigenvalue weighted by Crippen LogP contribution is 2.67. The van der Waals surface area contributed by atoms with Gasteiger partial charge in [0.05, 0.1) is 140 Å². The van der Waals surface area contributed by atoms with Gasteiger partial charge in [0.25, 0.3) is 12.4 Å². The van der Waals surface area contributed by atoms with Crippen LogP contribution in [0.3, 0.4) is 0 Å². The fraction of sp³-hybridized carbons (Fsp3) is 0.706. The van der Waals surface area contributed by atoms with Gasteiger partial charge in [-0.05, 0) is 108 Å². The number of benzene rings is 1. The lowest BCUT2D eigenvalue weighted by atomic mass is 9.81. The van der Waals surface area contributed by atoms with E-state index in [0.717, 1.165) is 106 Å². The number of guanidine groups is 2. The predicted octanol–water partition coefficient (Wildman–Crippen LogP) is 1.64. The van der Waals surface area contributed by atoms with Crippen molar-refractivity contribution >= 4 is 100 Å². The monoisotopic (exact) mass is 1820 g/mol. The van der Waals surface area contributed by atoms with E-state index in [0.29, 0.717) is 122 Å². The van der Waals surface area contributed by atoms with Crippen molar-refractivity contribution in [2.45, 2.75) is 226 Å². The number of alkyl carbamates (subject to hydrolysis) is 1. The fourth-order valence-corrected chi connectivity index (χ4v) is 20.6. The highest BCUT2D eigenvalue weighted by molar-refractivity contribution is 8.00. The number of hydrogen-bond donors (Lipinski definition) is 14. The lowest BCUT2D eigenvalue weighted by molar-refractivity contribution is -0.159. The number of nitrogens with two attached hydrogens (primary N) is 5. The molecule has 8 heterocycles. The molecule has 3 aromatic rings. The highest BCUT2D eigenvalue weighted by Gasteiger charge is 2.77. The zero-order chi connectivity index (χ0) is 90.5. The number of aryl methyl sites for hydroxylation is 1. The number of methoxy groups -OCH3 is 3. The number of ether oxygens (including phenoxy) is 10. The largest absolute Gasteiger partial charge is 0.493 e. The summed E-state index contributed by atoms with van der Waals surface area (Å²) in [6.45, 7) is 8.26. The topological polar surface area (TPSA) is 550 Å². The van der Waals surface area contributed by atoms with E-state index in [1.165, 1.54) is 38.1 Å². The normalized spacial score (nSPS) is 23.1. The zero-order valence-corrected chi connectivity index (χ0v) is 75.6. The minimum absolute atomic E-state index is 0.00641. The fourth-order valence-electron chi connectivity index (χ4n) is 17.6. The van der Waals surface area contributed by atoms with E-state index in [1.807, 2.05) is 41.9 Å². The molecule has 42 heteroatoms. The van der Waals surface area contributed by atoms with Gasteiger partial charge in [-0.1, -0.05) is 69.7 Å². The summed E-state index contributed by atoms with van der Waals surface area (Å²) in [6, 6.07) is 1.46. The van der Waals surface area contributed by atoms with Crippen LogP contribution >= 0.6 is 23.5 Å². The molecule has 4 unspecified atom stereocenters. The summed E-state index contributed by atoms with van der Waals surface area (Å²) in [6.07, 6.45) is 18.1. The molecule has 0 bridgehead atoms. The quantitative estimate of drug-likeness (QED) is 0.00954. The summed E-state index contributed by atoms with van der Waals surface area (Å²) in [7, 11) is 4.21. The summed E-state index contributed by atoms with van der Waals surface area (Å²) in [5.41, 5.74) is 33.3. The summed E-state index contributed by atoms with van der Waals surface area (Å²) in [5, 5.41) is 33.8. The Morgan fingerprint density at radius 1 is 0.693 bits per heavy atom. The summed E-state index contributed by atoms with van der Waals surface area (Å²) in [4.78, 5) is 134. The number of ketones is 2. The maximum absolute atomic E-state index is 14.2. The molecule has 11 rings (SSSR count). The Labute approximate surface area is 749 Å². The first-order chi connectivity index (χ1) is 61.4. The van der Waals surface area contributed by atoms with E-state index in [9.17, 15) is 43.2 Å². The molecule has 3 saturated heterocycles. The van der Waals surface area contributed by atoms with Crippen molar-refractivity contribution in [1.29, 1.82) is 0 Å². The molecule has 1 spiro atoms. The Hall–Kier alpha value is -9.11. The maximum atomic E-state index is 14.2. The van der Waals surface area contributed by atoms with Crippen LogP contribution < -0.4 is 85.4 Å². The number of aliphatic imine (C=N–C) groups is 2. The number of H-pyrrole nitrogens is 1. The van der Waals surface area contributed by atoms with Gasteiger partial charge in [0.15, 0.2) is 35.0 Å². The smallest absolute Gasteiger partial charge is 0.413 e. The number of thioether (sulfide) groups is 2. The second-order valence-corrected chi connectivity index (χ2v) is 36.4. The minimum atomic E-state index is -1.37. The van der Waals surface area contributed by atoms with Crippen LogP contribution in [0, 0.1) is 17.3 Å². The number of amides is 6. The second kappa shape index (κ2) is 49.1. The van der Waals surface area contributed by atoms with Crippen molar-refractivity contribution in [3.05, 3.63) is 53.1 Å². The van der Waals surface area contributed by atoms with Crippen LogP contribution in [0.15, 0.2) is 51.7 Å². The van der Waals surface area contributed by atoms with Gasteiger partial charge in [-0.2, -0.15) is 23.5 Å². The number of rotatable bonds is 60. The third-order valence-corrected chi connectivity index (χ3v) is 27.4. The number of allylic oxidation sites excluding steroid dienone is 1. The van der Waals surface area contributed by atoms with E-state index < -0.39 is 59.7 Å². The first kappa shape index (κ1) is 98.5. The lowest BCUT2D eigenvalue weighted by Gasteiger charge is -2.30. The molecule has 8 aliphatic rings. The second-order valence-electron chi connectivity index (χ2n) is 33.8. The van der Waals surface area contributed by atoms with Crippen LogP contribution in [-0.4, -0.2) is 317 Å². The molecule has 40 nitrogen and oxygen atoms in total. The zero-order valence-electron chi connectivity index (χ0n) is 74.0. The molecule has 6 amide bonds. The standard InChI is InChI=1S/C85H133N21O19S2/c1-50(2)69(78(112)93-28-32-123-74-64(116-4)42-52-41-60(96-70(52)75(74)117-5)73(109)61-43-57-59(95-61)23-24-67-85(57)58(76(85)110)45-106(67)84(115)118-6)99-77(111)51(3)94-83(114)124-40-39-122-38-37-121-34-30-105-44-56(102-103-105)22-21-55(88)25-31-119-35-36-120-33-29-104(46-68(108)91-26-13-11-17-53(86)15-7-9-19-65-71-62(47-126-65)97-81(89)100-71)80(125-49-107)79(113)92-27-14-12-18-54(87)16-8-10-20-66-72-63(48-127-66)98-82(90)101-72/h24,41-44,49-51,53-55,58-59,61-63,65-66,69,71-72,80,95-96H,7-23,25-40,45-48,86-88H2,1-6H3,(H,91,108)(H,92,113)(H,93,112)(H,94,114)(H,99,111)(H3,89,97,100)(H3,90,98,101)/t51-,53?,54?,55?,58+,59-,61+,62-,63-,65-,66-,69-,71-,72-,80?,85-/m0/s1. The van der Waals surface area contributed by atoms with E-state index >= 15 is 0 Å². The molecule has 2 aliphatic carbocycles. The number of piperidine rings is 1. The van der Waals surface area contributed by atoms with Crippen LogP contribution in [0.1, 0.15) is 146 Å². The highest BCUT2D eigenvalue weighted by atomic mass is 32.2. The Morgan fingerprint density at radius 2 is 1.31 bits per heavy atom. The van der Waals surface area contributed by atoms with Gasteiger partial charge in [0.1, 0.15) is 30.7 Å². The van der Waals surface area contributed by atoms with Crippen molar-refractivity contribution in [2.24, 2.45) is 55.9 Å². The Kier molecular flexibility index (Phi) is 38.0. The third kappa shape index (κ3) is 27.0. The number of aromatic nitrogens is 4. The van der Waals surface area contributed by atoms with Crippen LogP contribution in [-0.2, 0) is 74.9 Å². The molecule has 127 heavy (non-hydrogen) atoms. The molecule has 19 N–H and O–H groups in total. The van der Waals surface area contributed by atoms with Crippen molar-refractivity contribution in [1.82, 2.24) is 72.3 Å². The van der Waals surface area contributed by atoms with Crippen LogP contribution in [0.25, 0.3) is 10.9 Å². The molecule has 1 saturated carbocycles. The molecule has 6 aliphatic heterocycles. The van der Waals surface area contributed by atoms with Gasteiger partial charge in [-0.15, -0.1) is 5.10 Å². The summed E-state index contributed by atoms with van der Waals surface area (Å²) >= 11 is 3.93. The average Bonchev–Trinajstić information content (AvgIpc) is 1.48. The number of carbonyl (C=O) groups excluding carboxylic acids is 9. The van der Waals surface area contributed by atoms with E-state index in [1.54, 1.807) is 30.7 Å². The van der Waals surface area contributed by atoms with E-state index in [-0.39, 0.29) is 168 Å². The van der Waals surface area contributed by atoms with Crippen LogP contribution in [0.5, 0.6) is 17.2 Å². The molecule has 4 fully saturated rings. The van der Waals surface area contributed by atoms with Crippen molar-refractivity contribution < 1.29 is 90.5 Å². The first-order valence-electron chi connectivity index (χ1n) is 44.7. The van der Waals surface area contributed by atoms with Crippen molar-refractivity contribution in [3.8, 4) is 17.2 Å². The number of nitrogens with zero attached hydrogens (tertiary/aromatic N) is 7. The minimum Gasteiger partial charge on any atom is -0.493 e.